The molecule has 0 unspecified atom stereocenters. The van der Waals surface area contributed by atoms with Gasteiger partial charge in [0.1, 0.15) is 12.4 Å². The lowest BCUT2D eigenvalue weighted by Gasteiger charge is -2.27. The molecule has 10 heteroatoms. The molecule has 0 heterocycles. The van der Waals surface area contributed by atoms with Crippen molar-refractivity contribution in [1.82, 2.24) is 9.62 Å². The molecule has 0 saturated carbocycles. The van der Waals surface area contributed by atoms with Gasteiger partial charge in [0.2, 0.25) is 5.91 Å². The molecule has 0 aliphatic rings. The van der Waals surface area contributed by atoms with Crippen LogP contribution in [-0.4, -0.2) is 53.5 Å². The molecule has 1 N–H and O–H groups in total. The number of benzene rings is 2. The number of carbonyl (C=O) groups excluding carboxylic acids is 1. The van der Waals surface area contributed by atoms with Crippen LogP contribution in [0.1, 0.15) is 18.5 Å². The number of nitrogens with one attached hydrogen (secondary N) is 1. The van der Waals surface area contributed by atoms with Crippen molar-refractivity contribution in [3.63, 3.8) is 0 Å². The van der Waals surface area contributed by atoms with Gasteiger partial charge < -0.3 is 14.8 Å². The van der Waals surface area contributed by atoms with Crippen LogP contribution in [0.15, 0.2) is 42.5 Å². The molecule has 0 aromatic heterocycles. The van der Waals surface area contributed by atoms with Crippen LogP contribution in [0.3, 0.4) is 0 Å². The van der Waals surface area contributed by atoms with Crippen molar-refractivity contribution in [2.45, 2.75) is 13.0 Å². The highest BCUT2D eigenvalue weighted by Gasteiger charge is 2.28. The second kappa shape index (κ2) is 9.77. The van der Waals surface area contributed by atoms with Crippen LogP contribution in [0.4, 0.5) is 10.1 Å². The molecule has 0 fully saturated rings. The summed E-state index contributed by atoms with van der Waals surface area (Å²) in [6.07, 6.45) is 0. The smallest absolute Gasteiger partial charge is 0.304 e. The molecule has 1 atom stereocenters. The molecule has 0 saturated heterocycles. The fraction of sp³-hybridized carbons (Fsp3) is 0.350. The third-order valence-electron chi connectivity index (χ3n) is 4.43. The van der Waals surface area contributed by atoms with Crippen molar-refractivity contribution in [1.29, 1.82) is 0 Å². The third-order valence-corrected chi connectivity index (χ3v) is 6.25. The Bertz CT molecular complexity index is 980. The van der Waals surface area contributed by atoms with Gasteiger partial charge in [0.05, 0.1) is 25.9 Å². The SMILES string of the molecule is COc1ccc([C@@H](C)NC(=O)CN(c2ccc(F)cc2)S(=O)(=O)N(C)C)cc1OC. The molecule has 164 valence electrons. The van der Waals surface area contributed by atoms with E-state index in [2.05, 4.69) is 5.32 Å². The van der Waals surface area contributed by atoms with E-state index in [0.717, 1.165) is 26.3 Å². The Balaban J connectivity index is 2.22. The lowest BCUT2D eigenvalue weighted by molar-refractivity contribution is -0.120. The van der Waals surface area contributed by atoms with Crippen molar-refractivity contribution < 1.29 is 27.1 Å². The first-order chi connectivity index (χ1) is 14.1. The van der Waals surface area contributed by atoms with E-state index in [1.807, 2.05) is 0 Å². The number of methoxy groups -OCH3 is 2. The van der Waals surface area contributed by atoms with E-state index in [-0.39, 0.29) is 5.69 Å². The zero-order valence-corrected chi connectivity index (χ0v) is 18.4. The maximum absolute atomic E-state index is 13.3. The van der Waals surface area contributed by atoms with Gasteiger partial charge in [-0.2, -0.15) is 12.7 Å². The number of hydrogen-bond donors (Lipinski definition) is 1. The summed E-state index contributed by atoms with van der Waals surface area (Å²) >= 11 is 0. The highest BCUT2D eigenvalue weighted by molar-refractivity contribution is 7.90. The van der Waals surface area contributed by atoms with E-state index in [0.29, 0.717) is 11.5 Å². The largest absolute Gasteiger partial charge is 0.493 e. The molecule has 2 aromatic rings. The molecule has 0 aliphatic heterocycles. The van der Waals surface area contributed by atoms with E-state index >= 15 is 0 Å². The number of ether oxygens (including phenoxy) is 2. The fourth-order valence-corrected chi connectivity index (χ4v) is 3.80. The summed E-state index contributed by atoms with van der Waals surface area (Å²) in [7, 11) is 1.78. The van der Waals surface area contributed by atoms with Crippen LogP contribution >= 0.6 is 0 Å². The van der Waals surface area contributed by atoms with Crippen LogP contribution in [0, 0.1) is 5.82 Å². The number of rotatable bonds is 9. The normalized spacial score (nSPS) is 12.4. The first-order valence-electron chi connectivity index (χ1n) is 9.07. The monoisotopic (exact) mass is 439 g/mol. The molecule has 0 bridgehead atoms. The molecule has 2 rings (SSSR count). The molecular formula is C20H26FN3O5S. The summed E-state index contributed by atoms with van der Waals surface area (Å²) in [5, 5.41) is 2.77. The molecular weight excluding hydrogens is 413 g/mol. The van der Waals surface area contributed by atoms with Crippen LogP contribution < -0.4 is 19.1 Å². The van der Waals surface area contributed by atoms with E-state index in [1.54, 1.807) is 25.1 Å². The molecule has 1 amide bonds. The van der Waals surface area contributed by atoms with Gasteiger partial charge in [-0.15, -0.1) is 0 Å². The fourth-order valence-electron chi connectivity index (χ4n) is 2.73. The van der Waals surface area contributed by atoms with Gasteiger partial charge in [0, 0.05) is 14.1 Å². The van der Waals surface area contributed by atoms with Crippen molar-refractivity contribution in [2.24, 2.45) is 0 Å². The summed E-state index contributed by atoms with van der Waals surface area (Å²) < 4.78 is 51.1. The molecule has 0 spiro atoms. The Morgan fingerprint density at radius 3 is 2.20 bits per heavy atom. The molecule has 0 radical (unpaired) electrons. The van der Waals surface area contributed by atoms with E-state index in [9.17, 15) is 17.6 Å². The second-order valence-corrected chi connectivity index (χ2v) is 8.74. The van der Waals surface area contributed by atoms with Gasteiger partial charge in [0.15, 0.2) is 11.5 Å². The lowest BCUT2D eigenvalue weighted by Crippen LogP contribution is -2.46. The predicted octanol–water partition coefficient (Wildman–Crippen LogP) is 2.33. The number of amides is 1. The van der Waals surface area contributed by atoms with E-state index in [1.165, 1.54) is 40.4 Å². The average molecular weight is 440 g/mol. The van der Waals surface area contributed by atoms with Crippen molar-refractivity contribution in [3.05, 3.63) is 53.8 Å². The van der Waals surface area contributed by atoms with Gasteiger partial charge in [-0.25, -0.2) is 8.70 Å². The van der Waals surface area contributed by atoms with Gasteiger partial charge in [0.25, 0.3) is 0 Å². The van der Waals surface area contributed by atoms with E-state index < -0.39 is 34.5 Å². The minimum Gasteiger partial charge on any atom is -0.493 e. The quantitative estimate of drug-likeness (QED) is 0.648. The predicted molar refractivity (Wildman–Crippen MR) is 112 cm³/mol. The van der Waals surface area contributed by atoms with Crippen molar-refractivity contribution in [3.8, 4) is 11.5 Å². The highest BCUT2D eigenvalue weighted by Crippen LogP contribution is 2.30. The summed E-state index contributed by atoms with van der Waals surface area (Å²) in [5.74, 6) is 0.0399. The van der Waals surface area contributed by atoms with Gasteiger partial charge in [-0.05, 0) is 48.9 Å². The Morgan fingerprint density at radius 2 is 1.67 bits per heavy atom. The number of carbonyl (C=O) groups is 1. The number of nitrogens with zero attached hydrogens (tertiary/aromatic N) is 2. The van der Waals surface area contributed by atoms with Gasteiger partial charge >= 0.3 is 10.2 Å². The number of halogens is 1. The average Bonchev–Trinajstić information content (AvgIpc) is 2.71. The van der Waals surface area contributed by atoms with E-state index in [4.69, 9.17) is 9.47 Å². The third kappa shape index (κ3) is 5.39. The zero-order chi connectivity index (χ0) is 22.5. The Labute approximate surface area is 176 Å². The summed E-state index contributed by atoms with van der Waals surface area (Å²) in [6.45, 7) is 1.30. The zero-order valence-electron chi connectivity index (χ0n) is 17.5. The summed E-state index contributed by atoms with van der Waals surface area (Å²) in [4.78, 5) is 12.7. The van der Waals surface area contributed by atoms with Gasteiger partial charge in [-0.3, -0.25) is 4.79 Å². The van der Waals surface area contributed by atoms with Crippen LogP contribution in [-0.2, 0) is 15.0 Å². The molecule has 2 aromatic carbocycles. The van der Waals surface area contributed by atoms with Crippen molar-refractivity contribution in [2.75, 3.05) is 39.2 Å². The topological polar surface area (TPSA) is 88.2 Å². The summed E-state index contributed by atoms with van der Waals surface area (Å²) in [5.41, 5.74) is 0.934. The van der Waals surface area contributed by atoms with Crippen LogP contribution in [0.2, 0.25) is 0 Å². The molecule has 30 heavy (non-hydrogen) atoms. The van der Waals surface area contributed by atoms with Crippen LogP contribution in [0.5, 0.6) is 11.5 Å². The lowest BCUT2D eigenvalue weighted by atomic mass is 10.1. The summed E-state index contributed by atoms with van der Waals surface area (Å²) in [6, 6.07) is 9.70. The Morgan fingerprint density at radius 1 is 1.07 bits per heavy atom. The number of hydrogen-bond acceptors (Lipinski definition) is 5. The number of anilines is 1. The minimum absolute atomic E-state index is 0.180. The Hall–Kier alpha value is -2.85. The van der Waals surface area contributed by atoms with Crippen molar-refractivity contribution >= 4 is 21.8 Å². The minimum atomic E-state index is -3.97. The second-order valence-electron chi connectivity index (χ2n) is 6.68. The maximum Gasteiger partial charge on any atom is 0.304 e. The van der Waals surface area contributed by atoms with Crippen LogP contribution in [0.25, 0.3) is 0 Å². The first kappa shape index (κ1) is 23.4. The van der Waals surface area contributed by atoms with Gasteiger partial charge in [-0.1, -0.05) is 6.07 Å². The Kier molecular flexibility index (Phi) is 7.63. The molecule has 0 aliphatic carbocycles. The standard InChI is InChI=1S/C20H26FN3O5S/c1-14(15-6-11-18(28-4)19(12-15)29-5)22-20(25)13-24(30(26,27)23(2)3)17-9-7-16(21)8-10-17/h6-12,14H,13H2,1-5H3,(H,22,25)/t14-/m1/s1. The maximum atomic E-state index is 13.3. The molecule has 8 nitrogen and oxygen atoms in total. The highest BCUT2D eigenvalue weighted by atomic mass is 32.2. The first-order valence-corrected chi connectivity index (χ1v) is 10.5.